The van der Waals surface area contributed by atoms with Crippen molar-refractivity contribution in [2.45, 2.75) is 20.0 Å². The molecule has 0 aliphatic rings. The molecule has 0 aliphatic carbocycles. The number of non-ortho nitro benzene ring substituents is 1. The first kappa shape index (κ1) is 21.0. The summed E-state index contributed by atoms with van der Waals surface area (Å²) in [6.45, 7) is 3.06. The summed E-state index contributed by atoms with van der Waals surface area (Å²) in [5, 5.41) is 14.2. The summed E-state index contributed by atoms with van der Waals surface area (Å²) in [6, 6.07) is 10.4. The molecule has 2 aromatic rings. The minimum atomic E-state index is -0.399. The SMILES string of the molecule is CN=C(NCc1cccc([N+](=O)[O-])c1)N(C)Cc1cc(OC)c(OC)cc1C. The van der Waals surface area contributed by atoms with Gasteiger partial charge in [-0.15, -0.1) is 0 Å². The van der Waals surface area contributed by atoms with E-state index in [9.17, 15) is 10.1 Å². The summed E-state index contributed by atoms with van der Waals surface area (Å²) in [7, 11) is 6.86. The van der Waals surface area contributed by atoms with Gasteiger partial charge in [0, 0.05) is 39.3 Å². The van der Waals surface area contributed by atoms with Crippen LogP contribution in [-0.4, -0.2) is 44.1 Å². The van der Waals surface area contributed by atoms with Crippen LogP contribution in [0.2, 0.25) is 0 Å². The van der Waals surface area contributed by atoms with Crippen LogP contribution in [0.15, 0.2) is 41.4 Å². The van der Waals surface area contributed by atoms with Crippen molar-refractivity contribution in [3.05, 3.63) is 63.2 Å². The highest BCUT2D eigenvalue weighted by atomic mass is 16.6. The van der Waals surface area contributed by atoms with Crippen molar-refractivity contribution in [3.63, 3.8) is 0 Å². The number of hydrogen-bond donors (Lipinski definition) is 1. The first-order valence-electron chi connectivity index (χ1n) is 8.76. The van der Waals surface area contributed by atoms with Crippen LogP contribution in [0.25, 0.3) is 0 Å². The van der Waals surface area contributed by atoms with Gasteiger partial charge in [-0.2, -0.15) is 0 Å². The second kappa shape index (κ2) is 9.59. The maximum absolute atomic E-state index is 10.9. The standard InChI is InChI=1S/C20H26N4O4/c1-14-9-18(27-4)19(28-5)11-16(14)13-23(3)20(21-2)22-12-15-7-6-8-17(10-15)24(25)26/h6-11H,12-13H2,1-5H3,(H,21,22). The van der Waals surface area contributed by atoms with Crippen molar-refractivity contribution in [2.24, 2.45) is 4.99 Å². The van der Waals surface area contributed by atoms with Crippen LogP contribution < -0.4 is 14.8 Å². The minimum Gasteiger partial charge on any atom is -0.493 e. The third-order valence-electron chi connectivity index (χ3n) is 4.40. The summed E-state index contributed by atoms with van der Waals surface area (Å²) >= 11 is 0. The van der Waals surface area contributed by atoms with Gasteiger partial charge in [0.05, 0.1) is 19.1 Å². The predicted octanol–water partition coefficient (Wildman–Crippen LogP) is 3.13. The lowest BCUT2D eigenvalue weighted by atomic mass is 10.1. The molecule has 0 amide bonds. The van der Waals surface area contributed by atoms with Crippen molar-refractivity contribution in [1.29, 1.82) is 0 Å². The lowest BCUT2D eigenvalue weighted by Gasteiger charge is -2.23. The second-order valence-electron chi connectivity index (χ2n) is 6.32. The molecule has 2 rings (SSSR count). The molecule has 0 radical (unpaired) electrons. The summed E-state index contributed by atoms with van der Waals surface area (Å²) in [6.07, 6.45) is 0. The first-order valence-corrected chi connectivity index (χ1v) is 8.76. The average Bonchev–Trinajstić information content (AvgIpc) is 2.69. The van der Waals surface area contributed by atoms with Gasteiger partial charge >= 0.3 is 0 Å². The van der Waals surface area contributed by atoms with E-state index >= 15 is 0 Å². The molecule has 0 fully saturated rings. The Kier molecular flexibility index (Phi) is 7.20. The summed E-state index contributed by atoms with van der Waals surface area (Å²) in [4.78, 5) is 16.8. The molecule has 8 heteroatoms. The van der Waals surface area contributed by atoms with Crippen molar-refractivity contribution in [2.75, 3.05) is 28.3 Å². The Morgan fingerprint density at radius 1 is 1.21 bits per heavy atom. The highest BCUT2D eigenvalue weighted by Gasteiger charge is 2.13. The highest BCUT2D eigenvalue weighted by Crippen LogP contribution is 2.30. The zero-order valence-electron chi connectivity index (χ0n) is 16.9. The molecule has 0 saturated carbocycles. The van der Waals surface area contributed by atoms with E-state index in [1.165, 1.54) is 6.07 Å². The summed E-state index contributed by atoms with van der Waals surface area (Å²) in [5.41, 5.74) is 3.05. The molecule has 0 unspecified atom stereocenters. The molecule has 8 nitrogen and oxygen atoms in total. The molecule has 0 aliphatic heterocycles. The Morgan fingerprint density at radius 3 is 2.50 bits per heavy atom. The lowest BCUT2D eigenvalue weighted by molar-refractivity contribution is -0.384. The van der Waals surface area contributed by atoms with Gasteiger partial charge in [-0.05, 0) is 35.7 Å². The van der Waals surface area contributed by atoms with Crippen molar-refractivity contribution in [3.8, 4) is 11.5 Å². The zero-order chi connectivity index (χ0) is 20.7. The van der Waals surface area contributed by atoms with Gasteiger partial charge in [-0.25, -0.2) is 0 Å². The van der Waals surface area contributed by atoms with E-state index in [0.29, 0.717) is 30.5 Å². The molecular formula is C20H26N4O4. The molecule has 150 valence electrons. The van der Waals surface area contributed by atoms with E-state index in [1.807, 2.05) is 37.1 Å². The van der Waals surface area contributed by atoms with Gasteiger partial charge in [0.25, 0.3) is 5.69 Å². The Morgan fingerprint density at radius 2 is 1.89 bits per heavy atom. The van der Waals surface area contributed by atoms with E-state index < -0.39 is 4.92 Å². The zero-order valence-corrected chi connectivity index (χ0v) is 16.9. The van der Waals surface area contributed by atoms with E-state index in [0.717, 1.165) is 16.7 Å². The number of rotatable bonds is 7. The van der Waals surface area contributed by atoms with Crippen molar-refractivity contribution >= 4 is 11.6 Å². The Bertz CT molecular complexity index is 867. The second-order valence-corrected chi connectivity index (χ2v) is 6.32. The molecule has 0 bridgehead atoms. The number of nitrogens with one attached hydrogen (secondary N) is 1. The Hall–Kier alpha value is -3.29. The van der Waals surface area contributed by atoms with Gasteiger partial charge in [-0.3, -0.25) is 15.1 Å². The van der Waals surface area contributed by atoms with Crippen LogP contribution in [0.5, 0.6) is 11.5 Å². The van der Waals surface area contributed by atoms with Crippen LogP contribution >= 0.6 is 0 Å². The van der Waals surface area contributed by atoms with E-state index in [1.54, 1.807) is 33.4 Å². The number of benzene rings is 2. The molecule has 0 atom stereocenters. The molecule has 2 aromatic carbocycles. The number of methoxy groups -OCH3 is 2. The fraction of sp³-hybridized carbons (Fsp3) is 0.350. The average molecular weight is 386 g/mol. The predicted molar refractivity (Wildman–Crippen MR) is 109 cm³/mol. The molecule has 0 heterocycles. The third kappa shape index (κ3) is 5.12. The Labute approximate surface area is 164 Å². The van der Waals surface area contributed by atoms with Gasteiger partial charge in [0.15, 0.2) is 17.5 Å². The number of ether oxygens (including phenoxy) is 2. The smallest absolute Gasteiger partial charge is 0.269 e. The van der Waals surface area contributed by atoms with Crippen LogP contribution in [0.3, 0.4) is 0 Å². The van der Waals surface area contributed by atoms with Gasteiger partial charge in [0.2, 0.25) is 0 Å². The van der Waals surface area contributed by atoms with Crippen molar-refractivity contribution < 1.29 is 14.4 Å². The first-order chi connectivity index (χ1) is 13.4. The van der Waals surface area contributed by atoms with Crippen LogP contribution in [-0.2, 0) is 13.1 Å². The monoisotopic (exact) mass is 386 g/mol. The number of hydrogen-bond acceptors (Lipinski definition) is 5. The molecule has 0 spiro atoms. The molecule has 28 heavy (non-hydrogen) atoms. The minimum absolute atomic E-state index is 0.0728. The van der Waals surface area contributed by atoms with Crippen LogP contribution in [0.4, 0.5) is 5.69 Å². The summed E-state index contributed by atoms with van der Waals surface area (Å²) < 4.78 is 10.7. The Balaban J connectivity index is 2.09. The lowest BCUT2D eigenvalue weighted by Crippen LogP contribution is -2.38. The van der Waals surface area contributed by atoms with E-state index in [-0.39, 0.29) is 5.69 Å². The van der Waals surface area contributed by atoms with Crippen LogP contribution in [0, 0.1) is 17.0 Å². The number of aliphatic imine (C=N–C) groups is 1. The normalized spacial score (nSPS) is 11.1. The molecule has 0 aromatic heterocycles. The van der Waals surface area contributed by atoms with E-state index in [4.69, 9.17) is 9.47 Å². The van der Waals surface area contributed by atoms with Crippen LogP contribution in [0.1, 0.15) is 16.7 Å². The fourth-order valence-corrected chi connectivity index (χ4v) is 2.87. The number of guanidine groups is 1. The number of nitrogens with zero attached hydrogens (tertiary/aromatic N) is 3. The maximum Gasteiger partial charge on any atom is 0.269 e. The number of nitro groups is 1. The van der Waals surface area contributed by atoms with E-state index in [2.05, 4.69) is 10.3 Å². The van der Waals surface area contributed by atoms with Crippen molar-refractivity contribution in [1.82, 2.24) is 10.2 Å². The summed E-state index contributed by atoms with van der Waals surface area (Å²) in [5.74, 6) is 2.05. The molecular weight excluding hydrogens is 360 g/mol. The maximum atomic E-state index is 10.9. The quantitative estimate of drug-likeness (QED) is 0.340. The van der Waals surface area contributed by atoms with Gasteiger partial charge in [-0.1, -0.05) is 12.1 Å². The number of nitro benzene ring substituents is 1. The van der Waals surface area contributed by atoms with Gasteiger partial charge < -0.3 is 19.7 Å². The third-order valence-corrected chi connectivity index (χ3v) is 4.40. The number of aryl methyl sites for hydroxylation is 1. The fourth-order valence-electron chi connectivity index (χ4n) is 2.87. The largest absolute Gasteiger partial charge is 0.493 e. The highest BCUT2D eigenvalue weighted by molar-refractivity contribution is 5.79. The van der Waals surface area contributed by atoms with Gasteiger partial charge in [0.1, 0.15) is 0 Å². The molecule has 0 saturated heterocycles. The topological polar surface area (TPSA) is 89.2 Å². The molecule has 1 N–H and O–H groups in total.